The van der Waals surface area contributed by atoms with Gasteiger partial charge in [0, 0.05) is 49.6 Å². The van der Waals surface area contributed by atoms with Crippen molar-refractivity contribution in [1.82, 2.24) is 20.2 Å². The number of nitrogens with zero attached hydrogens (tertiary/aromatic N) is 4. The molecule has 4 aliphatic heterocycles. The van der Waals surface area contributed by atoms with Gasteiger partial charge in [-0.3, -0.25) is 4.90 Å². The highest BCUT2D eigenvalue weighted by Gasteiger charge is 2.49. The van der Waals surface area contributed by atoms with Crippen LogP contribution < -0.4 is 15.0 Å². The third-order valence-electron chi connectivity index (χ3n) is 10.8. The van der Waals surface area contributed by atoms with Crippen LogP contribution in [0.2, 0.25) is 0 Å². The molecule has 0 aliphatic carbocycles. The monoisotopic (exact) mass is 679 g/mol. The molecule has 5 heterocycles. The SMILES string of the molecule is COCCc1cccc2cc(O)cc(-c3c(F)cc4c(N5CC6CCC(C5)N6)nc(OCC56CCCN(C[C@H](F)C5)C6S)nc4c3F)c12. The Hall–Kier alpha value is -3.32. The van der Waals surface area contributed by atoms with Crippen LogP contribution >= 0.6 is 12.6 Å². The molecular formula is C36H40F3N5O3S. The van der Waals surface area contributed by atoms with Crippen LogP contribution in [-0.2, 0) is 11.2 Å². The molecule has 8 rings (SSSR count). The Balaban J connectivity index is 1.27. The van der Waals surface area contributed by atoms with Gasteiger partial charge in [0.15, 0.2) is 5.82 Å². The summed E-state index contributed by atoms with van der Waals surface area (Å²) in [6, 6.07) is 10.3. The standard InChI is InChI=1S/C36H40F3N5O3S/c1-46-11-8-20-4-2-5-21-12-25(45)13-26(29(20)21)30-28(38)14-27-32(31(30)39)41-35(42-33(27)44-17-23-6-7-24(18-44)40-23)47-19-36-9-3-10-43(34(36)48)16-22(37)15-36/h2,4-5,12-14,22-24,34,40,45,48H,3,6-11,15-19H2,1H3/t22-,23?,24?,34?,36?/m1/s1. The van der Waals surface area contributed by atoms with Gasteiger partial charge in [0.2, 0.25) is 0 Å². The third-order valence-corrected chi connectivity index (χ3v) is 11.7. The van der Waals surface area contributed by atoms with E-state index in [1.807, 2.05) is 18.2 Å². The zero-order valence-electron chi connectivity index (χ0n) is 26.9. The van der Waals surface area contributed by atoms with E-state index in [2.05, 4.69) is 20.1 Å². The summed E-state index contributed by atoms with van der Waals surface area (Å²) in [6.07, 6.45) is 3.53. The maximum Gasteiger partial charge on any atom is 0.319 e. The molecule has 6 atom stereocenters. The smallest absolute Gasteiger partial charge is 0.319 e. The average Bonchev–Trinajstić information content (AvgIpc) is 3.40. The summed E-state index contributed by atoms with van der Waals surface area (Å²) in [5, 5.41) is 15.7. The molecule has 1 aromatic heterocycles. The van der Waals surface area contributed by atoms with Crippen molar-refractivity contribution >= 4 is 40.1 Å². The predicted molar refractivity (Wildman–Crippen MR) is 183 cm³/mol. The molecule has 3 aromatic carbocycles. The first-order chi connectivity index (χ1) is 23.2. The van der Waals surface area contributed by atoms with Crippen molar-refractivity contribution in [3.8, 4) is 22.9 Å². The van der Waals surface area contributed by atoms with Crippen LogP contribution in [0.15, 0.2) is 36.4 Å². The Morgan fingerprint density at radius 2 is 1.92 bits per heavy atom. The van der Waals surface area contributed by atoms with E-state index in [1.54, 1.807) is 13.2 Å². The Morgan fingerprint density at radius 1 is 1.10 bits per heavy atom. The minimum absolute atomic E-state index is 0.0330. The van der Waals surface area contributed by atoms with E-state index in [4.69, 9.17) is 27.1 Å². The van der Waals surface area contributed by atoms with Gasteiger partial charge in [-0.15, -0.1) is 0 Å². The lowest BCUT2D eigenvalue weighted by molar-refractivity contribution is -0.0501. The number of aromatic nitrogens is 2. The molecule has 12 heteroatoms. The molecule has 4 aromatic rings. The highest BCUT2D eigenvalue weighted by Crippen LogP contribution is 2.47. The van der Waals surface area contributed by atoms with Gasteiger partial charge in [-0.05, 0) is 85.2 Å². The number of benzene rings is 3. The molecule has 4 saturated heterocycles. The number of aromatic hydroxyl groups is 1. The van der Waals surface area contributed by atoms with Crippen molar-refractivity contribution in [2.45, 2.75) is 62.2 Å². The number of phenolic OH excluding ortho intramolecular Hbond substituents is 1. The lowest BCUT2D eigenvalue weighted by atomic mass is 9.73. The molecular weight excluding hydrogens is 639 g/mol. The number of hydrogen-bond acceptors (Lipinski definition) is 9. The fraction of sp³-hybridized carbons (Fsp3) is 0.500. The minimum atomic E-state index is -0.990. The molecule has 4 bridgehead atoms. The van der Waals surface area contributed by atoms with Crippen molar-refractivity contribution in [3.63, 3.8) is 0 Å². The number of halogens is 3. The quantitative estimate of drug-likeness (QED) is 0.195. The molecule has 254 valence electrons. The van der Waals surface area contributed by atoms with E-state index in [-0.39, 0.29) is 57.9 Å². The molecule has 48 heavy (non-hydrogen) atoms. The van der Waals surface area contributed by atoms with Crippen molar-refractivity contribution in [1.29, 1.82) is 0 Å². The average molecular weight is 680 g/mol. The fourth-order valence-electron chi connectivity index (χ4n) is 8.64. The number of nitrogens with one attached hydrogen (secondary N) is 1. The van der Waals surface area contributed by atoms with Crippen molar-refractivity contribution in [3.05, 3.63) is 53.6 Å². The molecule has 0 saturated carbocycles. The van der Waals surface area contributed by atoms with E-state index in [9.17, 15) is 9.50 Å². The van der Waals surface area contributed by atoms with Gasteiger partial charge in [0.05, 0.1) is 24.2 Å². The molecule has 5 unspecified atom stereocenters. The van der Waals surface area contributed by atoms with Gasteiger partial charge in [-0.2, -0.15) is 22.6 Å². The molecule has 0 spiro atoms. The first-order valence-corrected chi connectivity index (χ1v) is 17.4. The predicted octanol–water partition coefficient (Wildman–Crippen LogP) is 6.02. The summed E-state index contributed by atoms with van der Waals surface area (Å²) in [5.74, 6) is -1.33. The molecule has 0 amide bonds. The van der Waals surface area contributed by atoms with E-state index in [0.29, 0.717) is 55.7 Å². The van der Waals surface area contributed by atoms with Gasteiger partial charge >= 0.3 is 6.01 Å². The molecule has 4 fully saturated rings. The van der Waals surface area contributed by atoms with Crippen LogP contribution in [0.1, 0.15) is 37.7 Å². The topological polar surface area (TPSA) is 83.0 Å². The lowest BCUT2D eigenvalue weighted by Crippen LogP contribution is -2.59. The highest BCUT2D eigenvalue weighted by molar-refractivity contribution is 7.80. The van der Waals surface area contributed by atoms with Gasteiger partial charge in [0.1, 0.15) is 29.1 Å². The summed E-state index contributed by atoms with van der Waals surface area (Å²) in [4.78, 5) is 13.5. The number of ether oxygens (including phenoxy) is 2. The van der Waals surface area contributed by atoms with Gasteiger partial charge in [-0.1, -0.05) is 18.2 Å². The van der Waals surface area contributed by atoms with Crippen molar-refractivity contribution in [2.24, 2.45) is 5.41 Å². The van der Waals surface area contributed by atoms with Gasteiger partial charge in [-0.25, -0.2) is 13.2 Å². The number of hydrogen-bond donors (Lipinski definition) is 3. The summed E-state index contributed by atoms with van der Waals surface area (Å²) in [6.45, 7) is 2.96. The van der Waals surface area contributed by atoms with E-state index in [1.165, 1.54) is 12.1 Å². The summed E-state index contributed by atoms with van der Waals surface area (Å²) in [5.41, 5.74) is 0.172. The summed E-state index contributed by atoms with van der Waals surface area (Å²) in [7, 11) is 1.60. The number of anilines is 1. The van der Waals surface area contributed by atoms with Crippen LogP contribution in [0.4, 0.5) is 19.0 Å². The number of piperidine rings is 2. The first-order valence-electron chi connectivity index (χ1n) is 16.9. The third kappa shape index (κ3) is 5.54. The zero-order chi connectivity index (χ0) is 33.2. The number of rotatable bonds is 8. The van der Waals surface area contributed by atoms with Gasteiger partial charge < -0.3 is 24.8 Å². The maximum atomic E-state index is 17.1. The van der Waals surface area contributed by atoms with E-state index >= 15 is 8.78 Å². The second-order valence-electron chi connectivity index (χ2n) is 14.0. The first kappa shape index (κ1) is 31.9. The number of phenols is 1. The van der Waals surface area contributed by atoms with E-state index < -0.39 is 23.2 Å². The second kappa shape index (κ2) is 12.5. The Kier molecular flexibility index (Phi) is 8.33. The van der Waals surface area contributed by atoms with Crippen LogP contribution in [0, 0.1) is 17.0 Å². The Bertz CT molecular complexity index is 1870. The molecule has 2 N–H and O–H groups in total. The minimum Gasteiger partial charge on any atom is -0.508 e. The van der Waals surface area contributed by atoms with Crippen LogP contribution in [0.25, 0.3) is 32.8 Å². The number of thiol groups is 1. The summed E-state index contributed by atoms with van der Waals surface area (Å²) < 4.78 is 60.0. The molecule has 4 aliphatic rings. The Labute approximate surface area is 283 Å². The number of methoxy groups -OCH3 is 1. The summed E-state index contributed by atoms with van der Waals surface area (Å²) >= 11 is 4.89. The zero-order valence-corrected chi connectivity index (χ0v) is 27.8. The largest absolute Gasteiger partial charge is 0.508 e. The number of piperazine rings is 1. The normalized spacial score (nSPS) is 28.4. The van der Waals surface area contributed by atoms with Crippen molar-refractivity contribution < 1.29 is 27.8 Å². The van der Waals surface area contributed by atoms with E-state index in [0.717, 1.165) is 37.8 Å². The second-order valence-corrected chi connectivity index (χ2v) is 14.5. The fourth-order valence-corrected chi connectivity index (χ4v) is 9.15. The lowest BCUT2D eigenvalue weighted by Gasteiger charge is -2.52. The van der Waals surface area contributed by atoms with Gasteiger partial charge in [0.25, 0.3) is 0 Å². The number of alkyl halides is 1. The maximum absolute atomic E-state index is 17.1. The van der Waals surface area contributed by atoms with Crippen LogP contribution in [0.5, 0.6) is 11.8 Å². The molecule has 8 nitrogen and oxygen atoms in total. The van der Waals surface area contributed by atoms with Crippen LogP contribution in [0.3, 0.4) is 0 Å². The van der Waals surface area contributed by atoms with Crippen molar-refractivity contribution in [2.75, 3.05) is 51.4 Å². The highest BCUT2D eigenvalue weighted by atomic mass is 32.1. The van der Waals surface area contributed by atoms with Crippen LogP contribution in [-0.4, -0.2) is 90.1 Å². The Morgan fingerprint density at radius 3 is 2.71 bits per heavy atom. The number of fused-ring (bicyclic) bond motifs is 6. The molecule has 0 radical (unpaired) electrons.